The Bertz CT molecular complexity index is 1050. The van der Waals surface area contributed by atoms with Gasteiger partial charge in [-0.2, -0.15) is 0 Å². The van der Waals surface area contributed by atoms with Gasteiger partial charge in [0, 0.05) is 43.1 Å². The summed E-state index contributed by atoms with van der Waals surface area (Å²) in [6, 6.07) is 12.7. The van der Waals surface area contributed by atoms with Crippen LogP contribution in [0, 0.1) is 13.8 Å². The summed E-state index contributed by atoms with van der Waals surface area (Å²) in [5, 5.41) is 4.38. The van der Waals surface area contributed by atoms with Crippen LogP contribution in [0.1, 0.15) is 46.7 Å². The van der Waals surface area contributed by atoms with Crippen LogP contribution < -0.4 is 5.32 Å². The van der Waals surface area contributed by atoms with Crippen LogP contribution >= 0.6 is 12.2 Å². The SMILES string of the molecule is Cc1cc([C@H]2[C@H](c3ccccn3)NC(=S)N2CCCN(C)C)c(C)n1Cc1cccnc1. The molecule has 0 amide bonds. The molecule has 1 aliphatic heterocycles. The topological polar surface area (TPSA) is 49.2 Å². The summed E-state index contributed by atoms with van der Waals surface area (Å²) in [5.41, 5.74) is 6.03. The Morgan fingerprint density at radius 3 is 2.66 bits per heavy atom. The smallest absolute Gasteiger partial charge is 0.170 e. The molecule has 0 bridgehead atoms. The summed E-state index contributed by atoms with van der Waals surface area (Å²) in [7, 11) is 4.22. The third-order valence-electron chi connectivity index (χ3n) is 6.20. The summed E-state index contributed by atoms with van der Waals surface area (Å²) in [5.74, 6) is 0. The first-order valence-electron chi connectivity index (χ1n) is 11.1. The van der Waals surface area contributed by atoms with Gasteiger partial charge in [0.15, 0.2) is 5.11 Å². The number of hydrogen-bond acceptors (Lipinski definition) is 4. The second kappa shape index (κ2) is 9.79. The number of pyridine rings is 2. The minimum Gasteiger partial charge on any atom is -0.352 e. The van der Waals surface area contributed by atoms with Crippen molar-refractivity contribution in [2.45, 2.75) is 38.9 Å². The van der Waals surface area contributed by atoms with Crippen molar-refractivity contribution in [3.05, 3.63) is 83.2 Å². The number of thiocarbonyl (C=S) groups is 1. The van der Waals surface area contributed by atoms with E-state index in [1.54, 1.807) is 0 Å². The van der Waals surface area contributed by atoms with Crippen LogP contribution in [0.25, 0.3) is 0 Å². The van der Waals surface area contributed by atoms with E-state index in [0.717, 1.165) is 36.9 Å². The van der Waals surface area contributed by atoms with E-state index in [2.05, 4.69) is 75.8 Å². The van der Waals surface area contributed by atoms with E-state index in [0.29, 0.717) is 0 Å². The molecule has 3 aromatic heterocycles. The zero-order valence-corrected chi connectivity index (χ0v) is 20.1. The lowest BCUT2D eigenvalue weighted by atomic mass is 9.96. The highest BCUT2D eigenvalue weighted by atomic mass is 32.1. The van der Waals surface area contributed by atoms with Crippen molar-refractivity contribution in [3.63, 3.8) is 0 Å². The third-order valence-corrected chi connectivity index (χ3v) is 6.55. The molecule has 0 aromatic carbocycles. The predicted octanol–water partition coefficient (Wildman–Crippen LogP) is 3.87. The molecule has 32 heavy (non-hydrogen) atoms. The van der Waals surface area contributed by atoms with Gasteiger partial charge in [-0.25, -0.2) is 0 Å². The van der Waals surface area contributed by atoms with Crippen LogP contribution in [0.5, 0.6) is 0 Å². The number of aryl methyl sites for hydroxylation is 1. The van der Waals surface area contributed by atoms with Crippen LogP contribution in [0.15, 0.2) is 55.0 Å². The van der Waals surface area contributed by atoms with Crippen LogP contribution in [-0.4, -0.2) is 56.6 Å². The Morgan fingerprint density at radius 2 is 1.97 bits per heavy atom. The number of nitrogens with one attached hydrogen (secondary N) is 1. The highest BCUT2D eigenvalue weighted by Gasteiger charge is 2.41. The molecule has 2 atom stereocenters. The fraction of sp³-hybridized carbons (Fsp3) is 0.400. The van der Waals surface area contributed by atoms with Gasteiger partial charge in [0.2, 0.25) is 0 Å². The zero-order valence-electron chi connectivity index (χ0n) is 19.3. The highest BCUT2D eigenvalue weighted by molar-refractivity contribution is 7.80. The van der Waals surface area contributed by atoms with E-state index in [-0.39, 0.29) is 12.1 Å². The van der Waals surface area contributed by atoms with Crippen LogP contribution in [0.2, 0.25) is 0 Å². The van der Waals surface area contributed by atoms with Gasteiger partial charge in [0.1, 0.15) is 0 Å². The van der Waals surface area contributed by atoms with Crippen LogP contribution in [0.3, 0.4) is 0 Å². The number of rotatable bonds is 8. The molecular weight excluding hydrogens is 416 g/mol. The molecule has 4 rings (SSSR count). The van der Waals surface area contributed by atoms with Crippen LogP contribution in [-0.2, 0) is 6.54 Å². The van der Waals surface area contributed by atoms with Crippen molar-refractivity contribution in [2.75, 3.05) is 27.2 Å². The Hall–Kier alpha value is -2.77. The summed E-state index contributed by atoms with van der Waals surface area (Å²) in [6.45, 7) is 7.14. The molecule has 1 fully saturated rings. The van der Waals surface area contributed by atoms with Crippen LogP contribution in [0.4, 0.5) is 0 Å². The lowest BCUT2D eigenvalue weighted by Crippen LogP contribution is -2.32. The second-order valence-corrected chi connectivity index (χ2v) is 9.14. The maximum atomic E-state index is 5.82. The first-order valence-corrected chi connectivity index (χ1v) is 11.5. The summed E-state index contributed by atoms with van der Waals surface area (Å²) < 4.78 is 2.38. The fourth-order valence-electron chi connectivity index (χ4n) is 4.59. The molecule has 1 saturated heterocycles. The molecule has 7 heteroatoms. The maximum Gasteiger partial charge on any atom is 0.170 e. The fourth-order valence-corrected chi connectivity index (χ4v) is 4.92. The molecule has 3 aromatic rings. The molecule has 0 spiro atoms. The van der Waals surface area contributed by atoms with Crippen molar-refractivity contribution in [1.82, 2.24) is 29.7 Å². The van der Waals surface area contributed by atoms with Crippen molar-refractivity contribution < 1.29 is 0 Å². The monoisotopic (exact) mass is 448 g/mol. The van der Waals surface area contributed by atoms with Crippen molar-refractivity contribution in [3.8, 4) is 0 Å². The lowest BCUT2D eigenvalue weighted by Gasteiger charge is -2.28. The van der Waals surface area contributed by atoms with E-state index >= 15 is 0 Å². The first kappa shape index (κ1) is 22.4. The Balaban J connectivity index is 1.70. The van der Waals surface area contributed by atoms with Gasteiger partial charge < -0.3 is 19.7 Å². The summed E-state index contributed by atoms with van der Waals surface area (Å²) >= 11 is 5.82. The second-order valence-electron chi connectivity index (χ2n) is 8.75. The minimum absolute atomic E-state index is 0.0235. The van der Waals surface area contributed by atoms with E-state index in [1.807, 2.05) is 36.8 Å². The van der Waals surface area contributed by atoms with Gasteiger partial charge in [0.25, 0.3) is 0 Å². The van der Waals surface area contributed by atoms with Gasteiger partial charge in [-0.05, 0) is 88.5 Å². The van der Waals surface area contributed by atoms with Crippen molar-refractivity contribution in [1.29, 1.82) is 0 Å². The van der Waals surface area contributed by atoms with E-state index in [9.17, 15) is 0 Å². The molecule has 4 heterocycles. The predicted molar refractivity (Wildman–Crippen MR) is 133 cm³/mol. The molecular formula is C25H32N6S. The van der Waals surface area contributed by atoms with Gasteiger partial charge in [-0.15, -0.1) is 0 Å². The average Bonchev–Trinajstić information content (AvgIpc) is 3.25. The summed E-state index contributed by atoms with van der Waals surface area (Å²) in [6.07, 6.45) is 6.67. The van der Waals surface area contributed by atoms with Gasteiger partial charge in [-0.3, -0.25) is 9.97 Å². The number of hydrogen-bond donors (Lipinski definition) is 1. The zero-order chi connectivity index (χ0) is 22.7. The number of aromatic nitrogens is 3. The Labute approximate surface area is 196 Å². The molecule has 1 aliphatic rings. The Kier molecular flexibility index (Phi) is 6.86. The molecule has 1 N–H and O–H groups in total. The summed E-state index contributed by atoms with van der Waals surface area (Å²) in [4.78, 5) is 13.5. The average molecular weight is 449 g/mol. The normalized spacial score (nSPS) is 18.4. The maximum absolute atomic E-state index is 5.82. The third kappa shape index (κ3) is 4.69. The van der Waals surface area contributed by atoms with E-state index in [4.69, 9.17) is 12.2 Å². The Morgan fingerprint density at radius 1 is 1.12 bits per heavy atom. The van der Waals surface area contributed by atoms with Gasteiger partial charge in [-0.1, -0.05) is 12.1 Å². The molecule has 0 radical (unpaired) electrons. The van der Waals surface area contributed by atoms with Crippen molar-refractivity contribution >= 4 is 17.3 Å². The standard InChI is InChI=1S/C25H32N6S/c1-18-15-21(19(2)31(18)17-20-9-7-11-26-16-20)24-23(22-10-5-6-12-27-22)28-25(32)30(24)14-8-13-29(3)4/h5-7,9-12,15-16,23-24H,8,13-14,17H2,1-4H3,(H,28,32)/t23-,24-/m0/s1. The lowest BCUT2D eigenvalue weighted by molar-refractivity contribution is 0.292. The van der Waals surface area contributed by atoms with Crippen molar-refractivity contribution in [2.24, 2.45) is 0 Å². The quantitative estimate of drug-likeness (QED) is 0.528. The first-order chi connectivity index (χ1) is 15.5. The van der Waals surface area contributed by atoms with E-state index in [1.165, 1.54) is 22.5 Å². The molecule has 6 nitrogen and oxygen atoms in total. The molecule has 0 unspecified atom stereocenters. The molecule has 0 aliphatic carbocycles. The van der Waals surface area contributed by atoms with E-state index < -0.39 is 0 Å². The number of nitrogens with zero attached hydrogens (tertiary/aromatic N) is 5. The largest absolute Gasteiger partial charge is 0.352 e. The van der Waals surface area contributed by atoms with Gasteiger partial charge >= 0.3 is 0 Å². The minimum atomic E-state index is 0.0235. The van der Waals surface area contributed by atoms with Gasteiger partial charge in [0.05, 0.1) is 17.8 Å². The highest BCUT2D eigenvalue weighted by Crippen LogP contribution is 2.40. The molecule has 168 valence electrons. The molecule has 0 saturated carbocycles.